The highest BCUT2D eigenvalue weighted by atomic mass is 16.4. The van der Waals surface area contributed by atoms with Gasteiger partial charge in [-0.2, -0.15) is 0 Å². The van der Waals surface area contributed by atoms with Gasteiger partial charge in [-0.25, -0.2) is 0 Å². The van der Waals surface area contributed by atoms with Crippen molar-refractivity contribution in [2.75, 3.05) is 0 Å². The van der Waals surface area contributed by atoms with Crippen LogP contribution in [0, 0.1) is 0 Å². The molecule has 0 aliphatic heterocycles. The van der Waals surface area contributed by atoms with Gasteiger partial charge in [0.25, 0.3) is 0 Å². The van der Waals surface area contributed by atoms with Crippen molar-refractivity contribution in [1.29, 1.82) is 0 Å². The second-order valence-corrected chi connectivity index (χ2v) is 6.72. The SMILES string of the molecule is CC(C)(C)c1ccc(-c2ccc(C(=O)CCC(=O)O)cc2)cc1. The Morgan fingerprint density at radius 2 is 1.30 bits per heavy atom. The summed E-state index contributed by atoms with van der Waals surface area (Å²) in [6.07, 6.45) is -0.0934. The fourth-order valence-electron chi connectivity index (χ4n) is 2.38. The zero-order valence-electron chi connectivity index (χ0n) is 13.8. The number of carbonyl (C=O) groups excluding carboxylic acids is 1. The number of carbonyl (C=O) groups is 2. The van der Waals surface area contributed by atoms with Gasteiger partial charge in [-0.1, -0.05) is 69.3 Å². The van der Waals surface area contributed by atoms with Crippen molar-refractivity contribution in [3.63, 3.8) is 0 Å². The number of Topliss-reactive ketones (excluding diaryl/α,β-unsaturated/α-hetero) is 1. The molecule has 0 spiro atoms. The molecule has 3 heteroatoms. The maximum atomic E-state index is 11.9. The lowest BCUT2D eigenvalue weighted by atomic mass is 9.86. The molecule has 3 nitrogen and oxygen atoms in total. The molecule has 0 saturated carbocycles. The molecule has 0 fully saturated rings. The Balaban J connectivity index is 2.13. The molecule has 0 aromatic heterocycles. The molecule has 0 aliphatic carbocycles. The van der Waals surface area contributed by atoms with Gasteiger partial charge in [0.15, 0.2) is 5.78 Å². The first-order valence-electron chi connectivity index (χ1n) is 7.73. The van der Waals surface area contributed by atoms with Crippen LogP contribution in [0.4, 0.5) is 0 Å². The summed E-state index contributed by atoms with van der Waals surface area (Å²) in [7, 11) is 0. The van der Waals surface area contributed by atoms with Crippen molar-refractivity contribution < 1.29 is 14.7 Å². The summed E-state index contributed by atoms with van der Waals surface area (Å²) in [6.45, 7) is 6.54. The number of ketones is 1. The molecule has 2 rings (SSSR count). The summed E-state index contributed by atoms with van der Waals surface area (Å²) in [6, 6.07) is 15.8. The number of rotatable bonds is 5. The summed E-state index contributed by atoms with van der Waals surface area (Å²) in [5.41, 5.74) is 4.10. The number of aliphatic carboxylic acids is 1. The van der Waals surface area contributed by atoms with Gasteiger partial charge < -0.3 is 5.11 Å². The van der Waals surface area contributed by atoms with Crippen LogP contribution in [-0.4, -0.2) is 16.9 Å². The Morgan fingerprint density at radius 1 is 0.826 bits per heavy atom. The Morgan fingerprint density at radius 3 is 1.74 bits per heavy atom. The second-order valence-electron chi connectivity index (χ2n) is 6.72. The average molecular weight is 310 g/mol. The van der Waals surface area contributed by atoms with Crippen LogP contribution >= 0.6 is 0 Å². The van der Waals surface area contributed by atoms with E-state index in [9.17, 15) is 9.59 Å². The minimum Gasteiger partial charge on any atom is -0.481 e. The van der Waals surface area contributed by atoms with Crippen molar-refractivity contribution in [2.24, 2.45) is 0 Å². The molecule has 0 heterocycles. The van der Waals surface area contributed by atoms with Gasteiger partial charge >= 0.3 is 5.97 Å². The molecule has 0 amide bonds. The van der Waals surface area contributed by atoms with E-state index >= 15 is 0 Å². The highest BCUT2D eigenvalue weighted by Crippen LogP contribution is 2.26. The fourth-order valence-corrected chi connectivity index (χ4v) is 2.38. The summed E-state index contributed by atoms with van der Waals surface area (Å²) in [5.74, 6) is -1.09. The Kier molecular flexibility index (Phi) is 4.99. The van der Waals surface area contributed by atoms with E-state index in [1.54, 1.807) is 12.1 Å². The minimum absolute atomic E-state index is 0.0367. The van der Waals surface area contributed by atoms with Crippen molar-refractivity contribution in [1.82, 2.24) is 0 Å². The molecule has 0 atom stereocenters. The molecule has 23 heavy (non-hydrogen) atoms. The van der Waals surface area contributed by atoms with Gasteiger partial charge in [0, 0.05) is 12.0 Å². The van der Waals surface area contributed by atoms with Gasteiger partial charge in [-0.05, 0) is 22.1 Å². The Labute approximate surface area is 137 Å². The van der Waals surface area contributed by atoms with Crippen LogP contribution in [-0.2, 0) is 10.2 Å². The van der Waals surface area contributed by atoms with E-state index in [0.717, 1.165) is 11.1 Å². The van der Waals surface area contributed by atoms with Gasteiger partial charge in [0.05, 0.1) is 6.42 Å². The van der Waals surface area contributed by atoms with Crippen molar-refractivity contribution in [3.8, 4) is 11.1 Å². The lowest BCUT2D eigenvalue weighted by molar-refractivity contribution is -0.136. The molecule has 0 unspecified atom stereocenters. The number of hydrogen-bond donors (Lipinski definition) is 1. The molecular weight excluding hydrogens is 288 g/mol. The van der Waals surface area contributed by atoms with E-state index < -0.39 is 5.97 Å². The smallest absolute Gasteiger partial charge is 0.303 e. The van der Waals surface area contributed by atoms with E-state index in [4.69, 9.17) is 5.11 Å². The number of benzene rings is 2. The molecule has 0 bridgehead atoms. The normalized spacial score (nSPS) is 11.3. The van der Waals surface area contributed by atoms with Gasteiger partial charge in [-0.3, -0.25) is 9.59 Å². The maximum absolute atomic E-state index is 11.9. The van der Waals surface area contributed by atoms with E-state index in [2.05, 4.69) is 45.0 Å². The first-order chi connectivity index (χ1) is 10.8. The van der Waals surface area contributed by atoms with Crippen molar-refractivity contribution in [2.45, 2.75) is 39.0 Å². The van der Waals surface area contributed by atoms with Crippen LogP contribution in [0.5, 0.6) is 0 Å². The minimum atomic E-state index is -0.950. The average Bonchev–Trinajstić information content (AvgIpc) is 2.52. The quantitative estimate of drug-likeness (QED) is 0.814. The van der Waals surface area contributed by atoms with Crippen LogP contribution in [0.15, 0.2) is 48.5 Å². The first kappa shape index (κ1) is 16.9. The van der Waals surface area contributed by atoms with Crippen LogP contribution in [0.1, 0.15) is 49.5 Å². The van der Waals surface area contributed by atoms with Crippen LogP contribution in [0.2, 0.25) is 0 Å². The molecule has 0 radical (unpaired) electrons. The summed E-state index contributed by atoms with van der Waals surface area (Å²) >= 11 is 0. The van der Waals surface area contributed by atoms with E-state index in [0.29, 0.717) is 5.56 Å². The van der Waals surface area contributed by atoms with Gasteiger partial charge in [-0.15, -0.1) is 0 Å². The molecule has 0 saturated heterocycles. The van der Waals surface area contributed by atoms with E-state index in [1.165, 1.54) is 5.56 Å². The zero-order chi connectivity index (χ0) is 17.0. The number of hydrogen-bond acceptors (Lipinski definition) is 2. The largest absolute Gasteiger partial charge is 0.481 e. The Hall–Kier alpha value is -2.42. The number of carboxylic acid groups (broad SMARTS) is 1. The molecule has 120 valence electrons. The molecular formula is C20H22O3. The first-order valence-corrected chi connectivity index (χ1v) is 7.73. The monoisotopic (exact) mass is 310 g/mol. The Bertz CT molecular complexity index is 689. The van der Waals surface area contributed by atoms with Gasteiger partial charge in [0.2, 0.25) is 0 Å². The van der Waals surface area contributed by atoms with Gasteiger partial charge in [0.1, 0.15) is 0 Å². The van der Waals surface area contributed by atoms with Crippen LogP contribution in [0.25, 0.3) is 11.1 Å². The third kappa shape index (κ3) is 4.52. The molecule has 2 aromatic carbocycles. The third-order valence-corrected chi connectivity index (χ3v) is 3.86. The van der Waals surface area contributed by atoms with E-state index in [-0.39, 0.29) is 24.0 Å². The highest BCUT2D eigenvalue weighted by Gasteiger charge is 2.13. The van der Waals surface area contributed by atoms with Crippen LogP contribution in [0.3, 0.4) is 0 Å². The highest BCUT2D eigenvalue weighted by molar-refractivity contribution is 5.97. The maximum Gasteiger partial charge on any atom is 0.303 e. The second kappa shape index (κ2) is 6.78. The molecule has 1 N–H and O–H groups in total. The predicted octanol–water partition coefficient (Wildman–Crippen LogP) is 4.70. The zero-order valence-corrected chi connectivity index (χ0v) is 13.8. The van der Waals surface area contributed by atoms with Crippen molar-refractivity contribution >= 4 is 11.8 Å². The lowest BCUT2D eigenvalue weighted by Gasteiger charge is -2.19. The molecule has 0 aliphatic rings. The third-order valence-electron chi connectivity index (χ3n) is 3.86. The number of carboxylic acids is 1. The van der Waals surface area contributed by atoms with Crippen molar-refractivity contribution in [3.05, 3.63) is 59.7 Å². The summed E-state index contributed by atoms with van der Waals surface area (Å²) in [4.78, 5) is 22.4. The topological polar surface area (TPSA) is 54.4 Å². The fraction of sp³-hybridized carbons (Fsp3) is 0.300. The lowest BCUT2D eigenvalue weighted by Crippen LogP contribution is -2.10. The molecule has 2 aromatic rings. The summed E-state index contributed by atoms with van der Waals surface area (Å²) < 4.78 is 0. The standard InChI is InChI=1S/C20H22O3/c1-20(2,3)17-10-8-15(9-11-17)14-4-6-16(7-5-14)18(21)12-13-19(22)23/h4-11H,12-13H2,1-3H3,(H,22,23). The summed E-state index contributed by atoms with van der Waals surface area (Å²) in [5, 5.41) is 8.63. The predicted molar refractivity (Wildman–Crippen MR) is 91.8 cm³/mol. The van der Waals surface area contributed by atoms with Crippen LogP contribution < -0.4 is 0 Å². The van der Waals surface area contributed by atoms with E-state index in [1.807, 2.05) is 12.1 Å².